The van der Waals surface area contributed by atoms with Gasteiger partial charge in [0.1, 0.15) is 0 Å². The Morgan fingerprint density at radius 3 is 1.75 bits per heavy atom. The van der Waals surface area contributed by atoms with E-state index < -0.39 is 0 Å². The maximum Gasteiger partial charge on any atom is 0.152 e. The van der Waals surface area contributed by atoms with E-state index in [2.05, 4.69) is 0 Å². The van der Waals surface area contributed by atoms with Crippen LogP contribution < -0.4 is 0 Å². The zero-order valence-electron chi connectivity index (χ0n) is 2.30. The molecule has 0 rings (SSSR count). The van der Waals surface area contributed by atoms with Crippen molar-refractivity contribution in [2.75, 3.05) is 0 Å². The Hall–Kier alpha value is 0.400. The van der Waals surface area contributed by atoms with Crippen molar-refractivity contribution in [2.24, 2.45) is 5.34 Å². The monoisotopic (exact) mass is 74.0 g/mol. The summed E-state index contributed by atoms with van der Waals surface area (Å²) in [7, 11) is 0. The predicted octanol–water partition coefficient (Wildman–Crippen LogP) is -0.239. The van der Waals surface area contributed by atoms with E-state index in [1.807, 2.05) is 0 Å². The van der Waals surface area contributed by atoms with Crippen LogP contribution in [0.3, 0.4) is 0 Å². The van der Waals surface area contributed by atoms with E-state index in [-0.39, 0.29) is 29.6 Å². The first kappa shape index (κ1) is 8.83. The van der Waals surface area contributed by atoms with Gasteiger partial charge in [-0.3, -0.25) is 0 Å². The number of hydrogen-bond acceptors (Lipinski definition) is 2. The summed E-state index contributed by atoms with van der Waals surface area (Å²) in [5.41, 5.74) is 0. The van der Waals surface area contributed by atoms with Crippen LogP contribution in [0, 0.1) is 4.91 Å². The standard InChI is InChI=1S/HNO2.Na/c2-1-3;/h(H,2,3);/i2+2,3+2;. The zero-order valence-corrected chi connectivity index (χ0v) is 4.30. The van der Waals surface area contributed by atoms with Gasteiger partial charge < -0.3 is 5.21 Å². The Bertz CT molecular complexity index is 13.5. The first-order chi connectivity index (χ1) is 1.41. The summed E-state index contributed by atoms with van der Waals surface area (Å²) >= 11 is 0. The first-order valence-corrected chi connectivity index (χ1v) is 0.383. The molecule has 0 aromatic rings. The minimum absolute atomic E-state index is 0. The van der Waals surface area contributed by atoms with Gasteiger partial charge in [0.2, 0.25) is 0 Å². The molecule has 4 heteroatoms. The van der Waals surface area contributed by atoms with Crippen molar-refractivity contribution in [1.29, 1.82) is 0 Å². The Morgan fingerprint density at radius 1 is 1.75 bits per heavy atom. The maximum absolute atomic E-state index is 8.11. The van der Waals surface area contributed by atoms with Gasteiger partial charge in [0, 0.05) is 29.6 Å². The molecule has 0 spiro atoms. The number of hydrogen-bond donors (Lipinski definition) is 1. The molecule has 0 aliphatic heterocycles. The third kappa shape index (κ3) is 29.4. The molecule has 0 atom stereocenters. The van der Waals surface area contributed by atoms with Gasteiger partial charge in [-0.1, -0.05) is 0 Å². The fourth-order valence-electron chi connectivity index (χ4n) is 0. The molecule has 0 saturated carbocycles. The smallest absolute Gasteiger partial charge is 0.152 e. The molecule has 0 unspecified atom stereocenters. The summed E-state index contributed by atoms with van der Waals surface area (Å²) in [5.74, 6) is 0. The zero-order chi connectivity index (χ0) is 2.71. The normalized spacial score (nSPS) is 3.00. The van der Waals surface area contributed by atoms with Crippen LogP contribution in [0.2, 0.25) is 0 Å². The van der Waals surface area contributed by atoms with Gasteiger partial charge in [-0.25, -0.2) is 0 Å². The van der Waals surface area contributed by atoms with E-state index in [0.717, 1.165) is 0 Å². The molecule has 0 saturated heterocycles. The topological polar surface area (TPSA) is 49.7 Å². The number of rotatable bonds is 0. The fraction of sp³-hybridized carbons (Fsp3) is 0. The first-order valence-electron chi connectivity index (χ1n) is 0.383. The van der Waals surface area contributed by atoms with Crippen molar-refractivity contribution in [1.82, 2.24) is 0 Å². The predicted molar refractivity (Wildman–Crippen MR) is 13.3 cm³/mol. The fourth-order valence-corrected chi connectivity index (χ4v) is 0. The second-order valence-corrected chi connectivity index (χ2v) is 0.0816. The molecule has 0 amide bonds. The van der Waals surface area contributed by atoms with Crippen LogP contribution >= 0.6 is 0 Å². The van der Waals surface area contributed by atoms with E-state index in [1.165, 1.54) is 5.34 Å². The second-order valence-electron chi connectivity index (χ2n) is 0.0816. The van der Waals surface area contributed by atoms with Crippen LogP contribution in [0.1, 0.15) is 0 Å². The summed E-state index contributed by atoms with van der Waals surface area (Å²) < 4.78 is 0. The average Bonchev–Trinajstić information content (AvgIpc) is 0.918. The second kappa shape index (κ2) is 9.99. The van der Waals surface area contributed by atoms with E-state index in [4.69, 9.17) is 10.1 Å². The molecule has 0 bridgehead atoms. The van der Waals surface area contributed by atoms with E-state index in [0.29, 0.717) is 0 Å². The van der Waals surface area contributed by atoms with Gasteiger partial charge in [-0.2, -0.15) is 0 Å². The Balaban J connectivity index is 0. The van der Waals surface area contributed by atoms with E-state index in [9.17, 15) is 0 Å². The van der Waals surface area contributed by atoms with Crippen LogP contribution in [0.25, 0.3) is 0 Å². The molecule has 0 aliphatic carbocycles. The largest absolute Gasteiger partial charge is 0.379 e. The van der Waals surface area contributed by atoms with Gasteiger partial charge in [-0.15, -0.1) is 4.91 Å². The molecule has 0 aromatic heterocycles. The van der Waals surface area contributed by atoms with E-state index >= 15 is 0 Å². The van der Waals surface area contributed by atoms with Crippen molar-refractivity contribution in [2.45, 2.75) is 0 Å². The molecule has 3 nitrogen and oxygen atoms in total. The third-order valence-electron chi connectivity index (χ3n) is 0. The van der Waals surface area contributed by atoms with Gasteiger partial charge in [0.25, 0.3) is 0 Å². The molecule has 1 N–H and O–H groups in total. The maximum atomic E-state index is 8.11. The van der Waals surface area contributed by atoms with Gasteiger partial charge in [-0.05, 0) is 0 Å². The summed E-state index contributed by atoms with van der Waals surface area (Å²) in [6, 6.07) is 0. The molecule has 19 valence electrons. The van der Waals surface area contributed by atoms with Gasteiger partial charge in [0.15, 0.2) is 5.34 Å². The van der Waals surface area contributed by atoms with Crippen LogP contribution in [-0.2, 0) is 0 Å². The number of nitrogens with zero attached hydrogens (tertiary/aromatic N) is 1. The molecule has 0 heterocycles. The van der Waals surface area contributed by atoms with Gasteiger partial charge in [0.05, 0.1) is 0 Å². The Kier molecular flexibility index (Phi) is 22.1. The minimum atomic E-state index is 0. The van der Waals surface area contributed by atoms with Crippen LogP contribution in [-0.4, -0.2) is 34.8 Å². The summed E-state index contributed by atoms with van der Waals surface area (Å²) in [5, 5.41) is 7.89. The van der Waals surface area contributed by atoms with Crippen molar-refractivity contribution in [3.8, 4) is 0 Å². The Labute approximate surface area is 45.2 Å². The van der Waals surface area contributed by atoms with Crippen molar-refractivity contribution in [3.63, 3.8) is 0 Å². The van der Waals surface area contributed by atoms with Crippen molar-refractivity contribution < 1.29 is 5.21 Å². The Morgan fingerprint density at radius 2 is 1.75 bits per heavy atom. The summed E-state index contributed by atoms with van der Waals surface area (Å²) in [4.78, 5) is 8.11. The molecular formula is HNNaO2. The minimum Gasteiger partial charge on any atom is -0.379 e. The SMILES string of the molecule is [18O]=N[18OH].[Na]. The molecule has 1 radical (unpaired) electrons. The van der Waals surface area contributed by atoms with Crippen LogP contribution in [0.4, 0.5) is 0 Å². The summed E-state index contributed by atoms with van der Waals surface area (Å²) in [6.45, 7) is 0. The molecule has 0 fully saturated rings. The molecule has 0 aliphatic rings. The quantitative estimate of drug-likeness (QED) is 0.186. The van der Waals surface area contributed by atoms with Crippen LogP contribution in [0.15, 0.2) is 5.34 Å². The summed E-state index contributed by atoms with van der Waals surface area (Å²) in [6.07, 6.45) is 0. The van der Waals surface area contributed by atoms with Gasteiger partial charge >= 0.3 is 0 Å². The van der Waals surface area contributed by atoms with Crippen molar-refractivity contribution in [3.05, 3.63) is 4.91 Å². The van der Waals surface area contributed by atoms with E-state index in [1.54, 1.807) is 0 Å². The molecule has 0 aromatic carbocycles. The third-order valence-corrected chi connectivity index (χ3v) is 0. The van der Waals surface area contributed by atoms with Crippen molar-refractivity contribution >= 4 is 29.6 Å². The average molecular weight is 74.0 g/mol. The molecular weight excluding hydrogens is 73.0 g/mol. The van der Waals surface area contributed by atoms with Crippen LogP contribution in [0.5, 0.6) is 0 Å². The molecule has 4 heavy (non-hydrogen) atoms.